The lowest BCUT2D eigenvalue weighted by Gasteiger charge is -2.10. The molecule has 0 unspecified atom stereocenters. The molecule has 2 aromatic rings. The molecule has 0 radical (unpaired) electrons. The molecule has 1 aromatic carbocycles. The third-order valence-corrected chi connectivity index (χ3v) is 2.76. The Hall–Kier alpha value is -2.07. The molecule has 1 heterocycles. The van der Waals surface area contributed by atoms with Gasteiger partial charge in [-0.1, -0.05) is 12.1 Å². The van der Waals surface area contributed by atoms with Crippen LogP contribution in [0.5, 0.6) is 17.4 Å². The van der Waals surface area contributed by atoms with E-state index in [0.29, 0.717) is 23.9 Å². The molecule has 1 aromatic heterocycles. The van der Waals surface area contributed by atoms with Crippen molar-refractivity contribution in [1.29, 1.82) is 0 Å². The van der Waals surface area contributed by atoms with Gasteiger partial charge in [0.15, 0.2) is 11.5 Å². The van der Waals surface area contributed by atoms with Gasteiger partial charge < -0.3 is 15.2 Å². The predicted octanol–water partition coefficient (Wildman–Crippen LogP) is 2.69. The second kappa shape index (κ2) is 6.20. The van der Waals surface area contributed by atoms with Crippen LogP contribution in [-0.2, 0) is 6.42 Å². The molecular weight excluding hydrogens is 240 g/mol. The molecule has 0 aliphatic carbocycles. The Kier molecular flexibility index (Phi) is 4.36. The minimum absolute atomic E-state index is 0.544. The summed E-state index contributed by atoms with van der Waals surface area (Å²) in [7, 11) is 1.62. The first-order valence-corrected chi connectivity index (χ1v) is 6.20. The van der Waals surface area contributed by atoms with Gasteiger partial charge in [0.1, 0.15) is 0 Å². The van der Waals surface area contributed by atoms with Crippen LogP contribution in [0.1, 0.15) is 11.1 Å². The first-order chi connectivity index (χ1) is 9.22. The van der Waals surface area contributed by atoms with E-state index in [-0.39, 0.29) is 0 Å². The molecule has 0 spiro atoms. The van der Waals surface area contributed by atoms with Gasteiger partial charge in [0.2, 0.25) is 5.88 Å². The first-order valence-electron chi connectivity index (χ1n) is 6.20. The Morgan fingerprint density at radius 3 is 2.63 bits per heavy atom. The minimum Gasteiger partial charge on any atom is -0.493 e. The molecule has 19 heavy (non-hydrogen) atoms. The van der Waals surface area contributed by atoms with Gasteiger partial charge in [-0.05, 0) is 43.1 Å². The van der Waals surface area contributed by atoms with E-state index in [1.54, 1.807) is 13.3 Å². The molecule has 100 valence electrons. The Labute approximate surface area is 113 Å². The quantitative estimate of drug-likeness (QED) is 0.895. The van der Waals surface area contributed by atoms with E-state index in [2.05, 4.69) is 4.98 Å². The van der Waals surface area contributed by atoms with Crippen molar-refractivity contribution in [3.8, 4) is 17.4 Å². The Morgan fingerprint density at radius 1 is 1.16 bits per heavy atom. The largest absolute Gasteiger partial charge is 0.493 e. The van der Waals surface area contributed by atoms with Crippen LogP contribution < -0.4 is 15.2 Å². The zero-order valence-corrected chi connectivity index (χ0v) is 11.2. The number of rotatable bonds is 5. The van der Waals surface area contributed by atoms with Crippen LogP contribution in [0.3, 0.4) is 0 Å². The Morgan fingerprint density at radius 2 is 2.00 bits per heavy atom. The molecule has 0 aliphatic heterocycles. The lowest BCUT2D eigenvalue weighted by molar-refractivity contribution is 0.374. The number of ether oxygens (including phenoxy) is 2. The average molecular weight is 258 g/mol. The molecule has 2 N–H and O–H groups in total. The number of aromatic nitrogens is 1. The van der Waals surface area contributed by atoms with Crippen LogP contribution in [0, 0.1) is 6.92 Å². The van der Waals surface area contributed by atoms with E-state index in [1.807, 2.05) is 37.3 Å². The fraction of sp³-hybridized carbons (Fsp3) is 0.267. The molecule has 0 fully saturated rings. The summed E-state index contributed by atoms with van der Waals surface area (Å²) in [5, 5.41) is 0. The highest BCUT2D eigenvalue weighted by Gasteiger charge is 2.06. The predicted molar refractivity (Wildman–Crippen MR) is 74.8 cm³/mol. The van der Waals surface area contributed by atoms with Crippen molar-refractivity contribution in [2.45, 2.75) is 13.3 Å². The summed E-state index contributed by atoms with van der Waals surface area (Å²) >= 11 is 0. The van der Waals surface area contributed by atoms with Crippen LogP contribution in [0.2, 0.25) is 0 Å². The normalized spacial score (nSPS) is 10.3. The minimum atomic E-state index is 0.544. The van der Waals surface area contributed by atoms with E-state index in [4.69, 9.17) is 15.2 Å². The van der Waals surface area contributed by atoms with Gasteiger partial charge >= 0.3 is 0 Å². The molecule has 4 heteroatoms. The summed E-state index contributed by atoms with van der Waals surface area (Å²) in [6.07, 6.45) is 2.60. The average Bonchev–Trinajstić information content (AvgIpc) is 2.43. The summed E-state index contributed by atoms with van der Waals surface area (Å²) in [5.74, 6) is 1.91. The molecule has 4 nitrogen and oxygen atoms in total. The topological polar surface area (TPSA) is 57.4 Å². The lowest BCUT2D eigenvalue weighted by atomic mass is 10.2. The zero-order chi connectivity index (χ0) is 13.7. The molecule has 0 amide bonds. The second-order valence-corrected chi connectivity index (χ2v) is 4.30. The maximum absolute atomic E-state index is 5.72. The Balaban J connectivity index is 2.16. The number of pyridine rings is 1. The summed E-state index contributed by atoms with van der Waals surface area (Å²) in [6, 6.07) is 9.59. The molecule has 0 saturated carbocycles. The number of methoxy groups -OCH3 is 1. The van der Waals surface area contributed by atoms with Gasteiger partial charge in [-0.25, -0.2) is 4.98 Å². The van der Waals surface area contributed by atoms with Crippen LogP contribution in [0.25, 0.3) is 0 Å². The third kappa shape index (κ3) is 3.45. The summed E-state index contributed by atoms with van der Waals surface area (Å²) in [5.41, 5.74) is 7.72. The van der Waals surface area contributed by atoms with Gasteiger partial charge in [-0.15, -0.1) is 0 Å². The van der Waals surface area contributed by atoms with E-state index in [1.165, 1.54) is 0 Å². The second-order valence-electron chi connectivity index (χ2n) is 4.30. The van der Waals surface area contributed by atoms with Crippen LogP contribution >= 0.6 is 0 Å². The molecule has 0 aliphatic rings. The first kappa shape index (κ1) is 13.4. The highest BCUT2D eigenvalue weighted by molar-refractivity contribution is 5.44. The maximum atomic E-state index is 5.72. The standard InChI is InChI=1S/C15H18N2O2/c1-11-3-5-13(14(9-11)18-2)19-15-6-4-12(7-8-16)10-17-15/h3-6,9-10H,7-8,16H2,1-2H3. The number of hydrogen-bond donors (Lipinski definition) is 1. The van der Waals surface area contributed by atoms with Gasteiger partial charge in [-0.2, -0.15) is 0 Å². The molecule has 0 saturated heterocycles. The molecule has 0 bridgehead atoms. The van der Waals surface area contributed by atoms with Crippen molar-refractivity contribution in [3.05, 3.63) is 47.7 Å². The van der Waals surface area contributed by atoms with Crippen LogP contribution in [-0.4, -0.2) is 18.6 Å². The lowest BCUT2D eigenvalue weighted by Crippen LogP contribution is -2.03. The summed E-state index contributed by atoms with van der Waals surface area (Å²) in [6.45, 7) is 2.62. The number of benzene rings is 1. The van der Waals surface area contributed by atoms with E-state index < -0.39 is 0 Å². The molecule has 0 atom stereocenters. The highest BCUT2D eigenvalue weighted by Crippen LogP contribution is 2.31. The molecular formula is C15H18N2O2. The fourth-order valence-electron chi connectivity index (χ4n) is 1.76. The van der Waals surface area contributed by atoms with Gasteiger partial charge in [0.05, 0.1) is 7.11 Å². The Bertz CT molecular complexity index is 538. The fourth-order valence-corrected chi connectivity index (χ4v) is 1.76. The smallest absolute Gasteiger partial charge is 0.219 e. The van der Waals surface area contributed by atoms with Crippen LogP contribution in [0.15, 0.2) is 36.5 Å². The SMILES string of the molecule is COc1cc(C)ccc1Oc1ccc(CCN)cn1. The molecule has 2 rings (SSSR count). The zero-order valence-electron chi connectivity index (χ0n) is 11.2. The number of hydrogen-bond acceptors (Lipinski definition) is 4. The number of nitrogens with zero attached hydrogens (tertiary/aromatic N) is 1. The van der Waals surface area contributed by atoms with Crippen LogP contribution in [0.4, 0.5) is 0 Å². The number of nitrogens with two attached hydrogens (primary N) is 1. The third-order valence-electron chi connectivity index (χ3n) is 2.76. The van der Waals surface area contributed by atoms with E-state index in [0.717, 1.165) is 17.5 Å². The monoisotopic (exact) mass is 258 g/mol. The van der Waals surface area contributed by atoms with Crippen molar-refractivity contribution in [2.75, 3.05) is 13.7 Å². The summed E-state index contributed by atoms with van der Waals surface area (Å²) in [4.78, 5) is 4.26. The van der Waals surface area contributed by atoms with Gasteiger partial charge in [0.25, 0.3) is 0 Å². The van der Waals surface area contributed by atoms with Crippen molar-refractivity contribution in [3.63, 3.8) is 0 Å². The summed E-state index contributed by atoms with van der Waals surface area (Å²) < 4.78 is 11.0. The van der Waals surface area contributed by atoms with Crippen molar-refractivity contribution in [2.24, 2.45) is 5.73 Å². The van der Waals surface area contributed by atoms with Gasteiger partial charge in [-0.3, -0.25) is 0 Å². The maximum Gasteiger partial charge on any atom is 0.219 e. The highest BCUT2D eigenvalue weighted by atomic mass is 16.5. The number of aryl methyl sites for hydroxylation is 1. The van der Waals surface area contributed by atoms with Crippen molar-refractivity contribution in [1.82, 2.24) is 4.98 Å². The van der Waals surface area contributed by atoms with Crippen molar-refractivity contribution >= 4 is 0 Å². The van der Waals surface area contributed by atoms with E-state index >= 15 is 0 Å². The van der Waals surface area contributed by atoms with Crippen molar-refractivity contribution < 1.29 is 9.47 Å². The van der Waals surface area contributed by atoms with Gasteiger partial charge in [0, 0.05) is 12.3 Å². The van der Waals surface area contributed by atoms with E-state index in [9.17, 15) is 0 Å².